The van der Waals surface area contributed by atoms with Gasteiger partial charge in [0.15, 0.2) is 18.1 Å². The van der Waals surface area contributed by atoms with Gasteiger partial charge in [-0.2, -0.15) is 0 Å². The Morgan fingerprint density at radius 1 is 1.24 bits per heavy atom. The average molecular weight is 428 g/mol. The summed E-state index contributed by atoms with van der Waals surface area (Å²) in [5, 5.41) is 4.09. The molecule has 134 valence electrons. The van der Waals surface area contributed by atoms with Crippen molar-refractivity contribution >= 4 is 33.4 Å². The van der Waals surface area contributed by atoms with Gasteiger partial charge >= 0.3 is 0 Å². The van der Waals surface area contributed by atoms with Crippen LogP contribution >= 0.6 is 27.5 Å². The molecule has 25 heavy (non-hydrogen) atoms. The Morgan fingerprint density at radius 2 is 2.00 bits per heavy atom. The number of carbonyl (C=O) groups excluding carboxylic acids is 1. The number of hydrogen-bond acceptors (Lipinski definition) is 4. The first-order valence-electron chi connectivity index (χ1n) is 7.81. The summed E-state index contributed by atoms with van der Waals surface area (Å²) in [4.78, 5) is 10.9. The fourth-order valence-corrected chi connectivity index (χ4v) is 3.06. The van der Waals surface area contributed by atoms with Gasteiger partial charge in [-0.05, 0) is 52.2 Å². The molecule has 7 heteroatoms. The van der Waals surface area contributed by atoms with Crippen LogP contribution in [0.4, 0.5) is 0 Å². The SMILES string of the molecule is CCOc1cc(CNCc2ccccc2Cl)cc(Br)c1OCC(N)=O. The maximum absolute atomic E-state index is 10.9. The molecule has 0 aliphatic rings. The Hall–Kier alpha value is -1.76. The molecule has 2 aromatic carbocycles. The van der Waals surface area contributed by atoms with Crippen molar-refractivity contribution in [3.05, 3.63) is 57.0 Å². The lowest BCUT2D eigenvalue weighted by atomic mass is 10.2. The van der Waals surface area contributed by atoms with E-state index in [1.54, 1.807) is 0 Å². The van der Waals surface area contributed by atoms with Crippen LogP contribution in [0, 0.1) is 0 Å². The van der Waals surface area contributed by atoms with E-state index in [-0.39, 0.29) is 6.61 Å². The smallest absolute Gasteiger partial charge is 0.255 e. The van der Waals surface area contributed by atoms with Gasteiger partial charge in [-0.1, -0.05) is 29.8 Å². The first kappa shape index (κ1) is 19.6. The molecule has 2 aromatic rings. The zero-order valence-electron chi connectivity index (χ0n) is 13.9. The first-order chi connectivity index (χ1) is 12.0. The van der Waals surface area contributed by atoms with Gasteiger partial charge in [0.05, 0.1) is 11.1 Å². The highest BCUT2D eigenvalue weighted by Gasteiger charge is 2.13. The minimum absolute atomic E-state index is 0.206. The molecular weight excluding hydrogens is 408 g/mol. The number of hydrogen-bond donors (Lipinski definition) is 2. The van der Waals surface area contributed by atoms with E-state index < -0.39 is 5.91 Å². The maximum Gasteiger partial charge on any atom is 0.255 e. The van der Waals surface area contributed by atoms with E-state index in [9.17, 15) is 4.79 Å². The molecule has 0 aliphatic carbocycles. The first-order valence-corrected chi connectivity index (χ1v) is 8.98. The Morgan fingerprint density at radius 3 is 2.68 bits per heavy atom. The third-order valence-corrected chi connectivity index (χ3v) is 4.29. The molecule has 1 amide bonds. The minimum atomic E-state index is -0.542. The largest absolute Gasteiger partial charge is 0.490 e. The summed E-state index contributed by atoms with van der Waals surface area (Å²) < 4.78 is 11.8. The van der Waals surface area contributed by atoms with Crippen LogP contribution in [0.2, 0.25) is 5.02 Å². The number of nitrogens with one attached hydrogen (secondary N) is 1. The van der Waals surface area contributed by atoms with Gasteiger partial charge in [0.2, 0.25) is 0 Å². The van der Waals surface area contributed by atoms with Crippen LogP contribution in [0.3, 0.4) is 0 Å². The second-order valence-corrected chi connectivity index (χ2v) is 6.55. The second-order valence-electron chi connectivity index (χ2n) is 5.29. The molecule has 0 saturated carbocycles. The molecule has 0 aromatic heterocycles. The summed E-state index contributed by atoms with van der Waals surface area (Å²) >= 11 is 9.62. The van der Waals surface area contributed by atoms with Gasteiger partial charge in [0.25, 0.3) is 5.91 Å². The summed E-state index contributed by atoms with van der Waals surface area (Å²) in [6.07, 6.45) is 0. The Balaban J connectivity index is 2.07. The highest BCUT2D eigenvalue weighted by atomic mass is 79.9. The highest BCUT2D eigenvalue weighted by molar-refractivity contribution is 9.10. The van der Waals surface area contributed by atoms with Crippen LogP contribution in [0.25, 0.3) is 0 Å². The molecule has 2 rings (SSSR count). The molecule has 3 N–H and O–H groups in total. The van der Waals surface area contributed by atoms with Crippen LogP contribution in [0.5, 0.6) is 11.5 Å². The van der Waals surface area contributed by atoms with Crippen molar-refractivity contribution in [1.29, 1.82) is 0 Å². The lowest BCUT2D eigenvalue weighted by Crippen LogP contribution is -2.20. The van der Waals surface area contributed by atoms with E-state index in [4.69, 9.17) is 26.8 Å². The van der Waals surface area contributed by atoms with Crippen LogP contribution < -0.4 is 20.5 Å². The van der Waals surface area contributed by atoms with E-state index >= 15 is 0 Å². The predicted molar refractivity (Wildman–Crippen MR) is 102 cm³/mol. The molecule has 5 nitrogen and oxygen atoms in total. The molecular formula is C18H20BrClN2O3. The van der Waals surface area contributed by atoms with E-state index in [2.05, 4.69) is 21.2 Å². The molecule has 0 fully saturated rings. The van der Waals surface area contributed by atoms with Crippen molar-refractivity contribution in [2.24, 2.45) is 5.73 Å². The number of amides is 1. The third-order valence-electron chi connectivity index (χ3n) is 3.33. The molecule has 0 atom stereocenters. The molecule has 0 unspecified atom stereocenters. The van der Waals surface area contributed by atoms with Crippen LogP contribution in [-0.4, -0.2) is 19.1 Å². The third kappa shape index (κ3) is 5.92. The van der Waals surface area contributed by atoms with E-state index in [0.717, 1.165) is 16.1 Å². The number of primary amides is 1. The number of ether oxygens (including phenoxy) is 2. The van der Waals surface area contributed by atoms with Gasteiger partial charge < -0.3 is 20.5 Å². The molecule has 0 saturated heterocycles. The lowest BCUT2D eigenvalue weighted by Gasteiger charge is -2.15. The Labute approximate surface area is 160 Å². The van der Waals surface area contributed by atoms with Crippen LogP contribution in [0.15, 0.2) is 40.9 Å². The molecule has 0 aliphatic heterocycles. The lowest BCUT2D eigenvalue weighted by molar-refractivity contribution is -0.119. The molecule has 0 bridgehead atoms. The molecule has 0 spiro atoms. The van der Waals surface area contributed by atoms with Gasteiger partial charge in [-0.15, -0.1) is 0 Å². The fourth-order valence-electron chi connectivity index (χ4n) is 2.25. The fraction of sp³-hybridized carbons (Fsp3) is 0.278. The standard InChI is InChI=1S/C18H20BrClN2O3/c1-2-24-16-8-12(7-14(19)18(16)25-11-17(21)23)9-22-10-13-5-3-4-6-15(13)20/h3-8,22H,2,9-11H2,1H3,(H2,21,23). The predicted octanol–water partition coefficient (Wildman–Crippen LogP) is 3.66. The zero-order valence-corrected chi connectivity index (χ0v) is 16.2. The van der Waals surface area contributed by atoms with Crippen LogP contribution in [-0.2, 0) is 17.9 Å². The monoisotopic (exact) mass is 426 g/mol. The van der Waals surface area contributed by atoms with Gasteiger partial charge in [-0.25, -0.2) is 0 Å². The highest BCUT2D eigenvalue weighted by Crippen LogP contribution is 2.37. The van der Waals surface area contributed by atoms with E-state index in [1.165, 1.54) is 0 Å². The van der Waals surface area contributed by atoms with Crippen molar-refractivity contribution in [3.8, 4) is 11.5 Å². The van der Waals surface area contributed by atoms with Crippen molar-refractivity contribution < 1.29 is 14.3 Å². The Bertz CT molecular complexity index is 740. The number of benzene rings is 2. The molecule has 0 heterocycles. The van der Waals surface area contributed by atoms with Gasteiger partial charge in [0, 0.05) is 18.1 Å². The second kappa shape index (κ2) is 9.65. The van der Waals surface area contributed by atoms with E-state index in [0.29, 0.717) is 35.7 Å². The summed E-state index contributed by atoms with van der Waals surface area (Å²) in [6.45, 7) is 3.44. The normalized spacial score (nSPS) is 10.5. The minimum Gasteiger partial charge on any atom is -0.490 e. The van der Waals surface area contributed by atoms with Crippen LogP contribution in [0.1, 0.15) is 18.1 Å². The summed E-state index contributed by atoms with van der Waals surface area (Å²) in [5.74, 6) is 0.489. The quantitative estimate of drug-likeness (QED) is 0.640. The summed E-state index contributed by atoms with van der Waals surface area (Å²) in [7, 11) is 0. The number of carbonyl (C=O) groups is 1. The Kier molecular flexibility index (Phi) is 7.55. The number of rotatable bonds is 9. The summed E-state index contributed by atoms with van der Waals surface area (Å²) in [6, 6.07) is 11.5. The number of nitrogens with two attached hydrogens (primary N) is 1. The van der Waals surface area contributed by atoms with Crippen molar-refractivity contribution in [3.63, 3.8) is 0 Å². The molecule has 0 radical (unpaired) electrons. The average Bonchev–Trinajstić information content (AvgIpc) is 2.56. The maximum atomic E-state index is 10.9. The number of halogens is 2. The van der Waals surface area contributed by atoms with Gasteiger partial charge in [0.1, 0.15) is 0 Å². The topological polar surface area (TPSA) is 73.6 Å². The van der Waals surface area contributed by atoms with Crippen molar-refractivity contribution in [2.45, 2.75) is 20.0 Å². The van der Waals surface area contributed by atoms with E-state index in [1.807, 2.05) is 43.3 Å². The van der Waals surface area contributed by atoms with Crippen molar-refractivity contribution in [2.75, 3.05) is 13.2 Å². The zero-order chi connectivity index (χ0) is 18.2. The van der Waals surface area contributed by atoms with Gasteiger partial charge in [-0.3, -0.25) is 4.79 Å². The summed E-state index contributed by atoms with van der Waals surface area (Å²) in [5.41, 5.74) is 7.18. The van der Waals surface area contributed by atoms with Crippen molar-refractivity contribution in [1.82, 2.24) is 5.32 Å².